The molecule has 2 aromatic carbocycles. The largest absolute Gasteiger partial charge is 0.452 e. The van der Waals surface area contributed by atoms with Gasteiger partial charge in [0.2, 0.25) is 10.0 Å². The third-order valence-corrected chi connectivity index (χ3v) is 5.34. The average Bonchev–Trinajstić information content (AvgIpc) is 2.67. The molecule has 1 amide bonds. The number of anilines is 2. The van der Waals surface area contributed by atoms with Crippen molar-refractivity contribution < 1.29 is 27.7 Å². The minimum absolute atomic E-state index is 0.0250. The van der Waals surface area contributed by atoms with E-state index in [9.17, 15) is 28.1 Å². The lowest BCUT2D eigenvalue weighted by Gasteiger charge is -2.09. The summed E-state index contributed by atoms with van der Waals surface area (Å²) in [7, 11) is -3.53. The average molecular weight is 456 g/mol. The summed E-state index contributed by atoms with van der Waals surface area (Å²) in [5.41, 5.74) is -0.303. The summed E-state index contributed by atoms with van der Waals surface area (Å²) in [5, 5.41) is 13.4. The SMILES string of the molecule is CCCS(=O)(=O)Nc1cccc(C(=O)OCC(=O)Nc2ccc(Cl)cc2[N+](=O)[O-])c1. The summed E-state index contributed by atoms with van der Waals surface area (Å²) in [6.07, 6.45) is 0.429. The Morgan fingerprint density at radius 3 is 2.60 bits per heavy atom. The van der Waals surface area contributed by atoms with Gasteiger partial charge in [0.25, 0.3) is 11.6 Å². The number of halogens is 1. The highest BCUT2D eigenvalue weighted by molar-refractivity contribution is 7.92. The Kier molecular flexibility index (Phi) is 7.72. The summed E-state index contributed by atoms with van der Waals surface area (Å²) >= 11 is 5.71. The van der Waals surface area contributed by atoms with Crippen molar-refractivity contribution in [3.63, 3.8) is 0 Å². The first-order valence-corrected chi connectivity index (χ1v) is 10.7. The monoisotopic (exact) mass is 455 g/mol. The predicted molar refractivity (Wildman–Crippen MR) is 111 cm³/mol. The molecule has 2 aromatic rings. The quantitative estimate of drug-likeness (QED) is 0.335. The Morgan fingerprint density at radius 1 is 1.20 bits per heavy atom. The van der Waals surface area contributed by atoms with Crippen LogP contribution >= 0.6 is 11.6 Å². The minimum Gasteiger partial charge on any atom is -0.452 e. The maximum atomic E-state index is 12.2. The zero-order valence-electron chi connectivity index (χ0n) is 15.8. The summed E-state index contributed by atoms with van der Waals surface area (Å²) in [4.78, 5) is 34.5. The molecule has 2 N–H and O–H groups in total. The van der Waals surface area contributed by atoms with Crippen LogP contribution in [0.1, 0.15) is 23.7 Å². The van der Waals surface area contributed by atoms with E-state index in [1.165, 1.54) is 36.4 Å². The number of rotatable bonds is 9. The van der Waals surface area contributed by atoms with Crippen LogP contribution in [0.15, 0.2) is 42.5 Å². The number of amides is 1. The molecular formula is C18H18ClN3O7S. The topological polar surface area (TPSA) is 145 Å². The molecule has 0 heterocycles. The van der Waals surface area contributed by atoms with Crippen LogP contribution in [0.2, 0.25) is 5.02 Å². The fourth-order valence-corrected chi connectivity index (χ4v) is 3.66. The molecule has 0 bridgehead atoms. The zero-order valence-corrected chi connectivity index (χ0v) is 17.3. The van der Waals surface area contributed by atoms with Crippen molar-refractivity contribution in [1.82, 2.24) is 0 Å². The number of sulfonamides is 1. The highest BCUT2D eigenvalue weighted by Crippen LogP contribution is 2.27. The highest BCUT2D eigenvalue weighted by atomic mass is 35.5. The molecule has 0 spiro atoms. The third-order valence-electron chi connectivity index (χ3n) is 3.61. The smallest absolute Gasteiger partial charge is 0.338 e. The highest BCUT2D eigenvalue weighted by Gasteiger charge is 2.18. The van der Waals surface area contributed by atoms with Crippen LogP contribution in [-0.2, 0) is 19.6 Å². The molecule has 160 valence electrons. The van der Waals surface area contributed by atoms with Crippen LogP contribution in [0.3, 0.4) is 0 Å². The summed E-state index contributed by atoms with van der Waals surface area (Å²) in [6, 6.07) is 9.29. The van der Waals surface area contributed by atoms with E-state index in [4.69, 9.17) is 16.3 Å². The number of nitrogens with zero attached hydrogens (tertiary/aromatic N) is 1. The first kappa shape index (κ1) is 23.1. The van der Waals surface area contributed by atoms with Gasteiger partial charge >= 0.3 is 5.97 Å². The number of esters is 1. The van der Waals surface area contributed by atoms with Gasteiger partial charge in [-0.2, -0.15) is 0 Å². The second kappa shape index (κ2) is 10.0. The van der Waals surface area contributed by atoms with Crippen LogP contribution in [0.4, 0.5) is 17.1 Å². The van der Waals surface area contributed by atoms with E-state index in [0.29, 0.717) is 6.42 Å². The molecule has 30 heavy (non-hydrogen) atoms. The van der Waals surface area contributed by atoms with Crippen molar-refractivity contribution in [1.29, 1.82) is 0 Å². The number of nitro benzene ring substituents is 1. The standard InChI is InChI=1S/C18H18ClN3O7S/c1-2-8-30(27,28)21-14-5-3-4-12(9-14)18(24)29-11-17(23)20-15-7-6-13(19)10-16(15)22(25)26/h3-7,9-10,21H,2,8,11H2,1H3,(H,20,23). The van der Waals surface area contributed by atoms with E-state index in [2.05, 4.69) is 10.0 Å². The lowest BCUT2D eigenvalue weighted by Crippen LogP contribution is -2.21. The molecule has 0 atom stereocenters. The molecule has 0 saturated carbocycles. The molecule has 0 saturated heterocycles. The van der Waals surface area contributed by atoms with Gasteiger partial charge in [-0.15, -0.1) is 0 Å². The van der Waals surface area contributed by atoms with Crippen LogP contribution in [0.5, 0.6) is 0 Å². The van der Waals surface area contributed by atoms with Crippen molar-refractivity contribution >= 4 is 50.6 Å². The lowest BCUT2D eigenvalue weighted by atomic mass is 10.2. The van der Waals surface area contributed by atoms with Gasteiger partial charge in [0.15, 0.2) is 6.61 Å². The van der Waals surface area contributed by atoms with Gasteiger partial charge in [0.1, 0.15) is 5.69 Å². The number of carbonyl (C=O) groups excluding carboxylic acids is 2. The minimum atomic E-state index is -3.53. The normalized spacial score (nSPS) is 10.9. The molecule has 12 heteroatoms. The molecule has 0 fully saturated rings. The summed E-state index contributed by atoms with van der Waals surface area (Å²) < 4.78 is 30.9. The summed E-state index contributed by atoms with van der Waals surface area (Å²) in [5.74, 6) is -1.74. The molecule has 0 radical (unpaired) electrons. The Bertz CT molecular complexity index is 1070. The van der Waals surface area contributed by atoms with Gasteiger partial charge in [0.05, 0.1) is 16.2 Å². The molecule has 2 rings (SSSR count). The number of benzene rings is 2. The zero-order chi connectivity index (χ0) is 22.3. The van der Waals surface area contributed by atoms with Gasteiger partial charge in [0, 0.05) is 16.8 Å². The number of carbonyl (C=O) groups is 2. The molecule has 0 aliphatic heterocycles. The van der Waals surface area contributed by atoms with E-state index in [1.54, 1.807) is 6.92 Å². The number of ether oxygens (including phenoxy) is 1. The Morgan fingerprint density at radius 2 is 1.93 bits per heavy atom. The van der Waals surface area contributed by atoms with E-state index in [-0.39, 0.29) is 27.7 Å². The molecular weight excluding hydrogens is 438 g/mol. The Labute approximate surface area is 177 Å². The fraction of sp³-hybridized carbons (Fsp3) is 0.222. The number of nitro groups is 1. The van der Waals surface area contributed by atoms with E-state index < -0.39 is 39.1 Å². The van der Waals surface area contributed by atoms with Crippen LogP contribution in [0, 0.1) is 10.1 Å². The van der Waals surface area contributed by atoms with Crippen LogP contribution in [-0.4, -0.2) is 37.6 Å². The van der Waals surface area contributed by atoms with Gasteiger partial charge in [-0.05, 0) is 36.8 Å². The van der Waals surface area contributed by atoms with Crippen molar-refractivity contribution in [2.24, 2.45) is 0 Å². The van der Waals surface area contributed by atoms with Gasteiger partial charge in [-0.25, -0.2) is 13.2 Å². The van der Waals surface area contributed by atoms with Crippen LogP contribution in [0.25, 0.3) is 0 Å². The van der Waals surface area contributed by atoms with Crippen molar-refractivity contribution in [2.45, 2.75) is 13.3 Å². The number of nitrogens with one attached hydrogen (secondary N) is 2. The molecule has 0 aliphatic carbocycles. The molecule has 0 unspecified atom stereocenters. The third kappa shape index (κ3) is 6.71. The molecule has 10 nitrogen and oxygen atoms in total. The first-order chi connectivity index (χ1) is 14.1. The predicted octanol–water partition coefficient (Wildman–Crippen LogP) is 3.20. The van der Waals surface area contributed by atoms with E-state index in [1.807, 2.05) is 0 Å². The van der Waals surface area contributed by atoms with Crippen molar-refractivity contribution in [3.8, 4) is 0 Å². The van der Waals surface area contributed by atoms with E-state index >= 15 is 0 Å². The second-order valence-corrected chi connectivity index (χ2v) is 8.32. The second-order valence-electron chi connectivity index (χ2n) is 6.04. The van der Waals surface area contributed by atoms with Crippen molar-refractivity contribution in [3.05, 3.63) is 63.2 Å². The van der Waals surface area contributed by atoms with Crippen molar-refractivity contribution in [2.75, 3.05) is 22.4 Å². The number of hydrogen-bond acceptors (Lipinski definition) is 7. The number of hydrogen-bond donors (Lipinski definition) is 2. The Balaban J connectivity index is 2.00. The lowest BCUT2D eigenvalue weighted by molar-refractivity contribution is -0.383. The Hall–Kier alpha value is -3.18. The van der Waals surface area contributed by atoms with Crippen LogP contribution < -0.4 is 10.0 Å². The van der Waals surface area contributed by atoms with Gasteiger partial charge < -0.3 is 10.1 Å². The molecule has 0 aromatic heterocycles. The van der Waals surface area contributed by atoms with Gasteiger partial charge in [-0.1, -0.05) is 24.6 Å². The molecule has 0 aliphatic rings. The maximum absolute atomic E-state index is 12.2. The maximum Gasteiger partial charge on any atom is 0.338 e. The first-order valence-electron chi connectivity index (χ1n) is 8.62. The fourth-order valence-electron chi connectivity index (χ4n) is 2.37. The van der Waals surface area contributed by atoms with Gasteiger partial charge in [-0.3, -0.25) is 19.6 Å². The summed E-state index contributed by atoms with van der Waals surface area (Å²) in [6.45, 7) is 1.02. The van der Waals surface area contributed by atoms with E-state index in [0.717, 1.165) is 6.07 Å².